The van der Waals surface area contributed by atoms with Gasteiger partial charge in [0, 0.05) is 19.0 Å². The number of halogens is 1. The Morgan fingerprint density at radius 1 is 1.41 bits per heavy atom. The van der Waals surface area contributed by atoms with E-state index >= 15 is 0 Å². The van der Waals surface area contributed by atoms with Crippen LogP contribution in [-0.2, 0) is 0 Å². The first kappa shape index (κ1) is 21.6. The summed E-state index contributed by atoms with van der Waals surface area (Å²) in [6, 6.07) is 1.47. The van der Waals surface area contributed by atoms with Gasteiger partial charge in [-0.2, -0.15) is 0 Å². The number of nitrogens with one attached hydrogen (secondary N) is 1. The third kappa shape index (κ3) is 5.18. The molecule has 0 unspecified atom stereocenters. The molecule has 0 bridgehead atoms. The summed E-state index contributed by atoms with van der Waals surface area (Å²) in [6.45, 7) is 5.13. The van der Waals surface area contributed by atoms with Crippen molar-refractivity contribution in [2.45, 2.75) is 32.3 Å². The first-order chi connectivity index (χ1) is 12.9. The molecule has 2 atom stereocenters. The number of piperidine rings is 1. The van der Waals surface area contributed by atoms with Crippen molar-refractivity contribution in [3.05, 3.63) is 16.7 Å². The maximum atomic E-state index is 12.7. The van der Waals surface area contributed by atoms with E-state index < -0.39 is 6.10 Å². The standard InChI is InChI=1S/C19H30ClN3O4/c1-4-5-7-23-8-6-12(15(24)11-23)10-22-19(25)13-9-14(20)16(21)18(27-3)17(13)26-2/h9,12,15,24H,4-8,10-11,21H2,1-3H3,(H,22,25)/t12-,15+/m0/s1. The maximum Gasteiger partial charge on any atom is 0.255 e. The molecule has 1 amide bonds. The zero-order chi connectivity index (χ0) is 20.0. The fourth-order valence-electron chi connectivity index (χ4n) is 3.38. The largest absolute Gasteiger partial charge is 0.492 e. The van der Waals surface area contributed by atoms with Crippen molar-refractivity contribution in [2.75, 3.05) is 46.1 Å². The summed E-state index contributed by atoms with van der Waals surface area (Å²) in [5.74, 6) is 0.155. The monoisotopic (exact) mass is 399 g/mol. The number of ether oxygens (including phenoxy) is 2. The van der Waals surface area contributed by atoms with E-state index in [0.717, 1.165) is 32.4 Å². The minimum absolute atomic E-state index is 0.0176. The first-order valence-corrected chi connectivity index (χ1v) is 9.69. The number of nitrogens with two attached hydrogens (primary N) is 1. The highest BCUT2D eigenvalue weighted by molar-refractivity contribution is 6.34. The van der Waals surface area contributed by atoms with Crippen LogP contribution < -0.4 is 20.5 Å². The molecular weight excluding hydrogens is 370 g/mol. The van der Waals surface area contributed by atoms with Gasteiger partial charge in [-0.3, -0.25) is 4.79 Å². The SMILES string of the molecule is CCCCN1CC[C@@H](CNC(=O)c2cc(Cl)c(N)c(OC)c2OC)[C@H](O)C1. The maximum absolute atomic E-state index is 12.7. The van der Waals surface area contributed by atoms with Crippen LogP contribution in [0.3, 0.4) is 0 Å². The van der Waals surface area contributed by atoms with Gasteiger partial charge in [0.2, 0.25) is 0 Å². The number of nitrogen functional groups attached to an aromatic ring is 1. The summed E-state index contributed by atoms with van der Waals surface area (Å²) in [6.07, 6.45) is 2.66. The van der Waals surface area contributed by atoms with Crippen LogP contribution in [0.15, 0.2) is 6.07 Å². The van der Waals surface area contributed by atoms with E-state index in [2.05, 4.69) is 17.1 Å². The molecule has 4 N–H and O–H groups in total. The molecule has 0 saturated carbocycles. The molecule has 0 radical (unpaired) electrons. The van der Waals surface area contributed by atoms with Crippen molar-refractivity contribution in [2.24, 2.45) is 5.92 Å². The minimum Gasteiger partial charge on any atom is -0.492 e. The number of nitrogens with zero attached hydrogens (tertiary/aromatic N) is 1. The van der Waals surface area contributed by atoms with Gasteiger partial charge in [-0.25, -0.2) is 0 Å². The average Bonchev–Trinajstić information content (AvgIpc) is 2.66. The summed E-state index contributed by atoms with van der Waals surface area (Å²) in [5, 5.41) is 13.5. The fourth-order valence-corrected chi connectivity index (χ4v) is 3.58. The molecule has 1 heterocycles. The van der Waals surface area contributed by atoms with Gasteiger partial charge >= 0.3 is 0 Å². The van der Waals surface area contributed by atoms with Gasteiger partial charge in [-0.1, -0.05) is 24.9 Å². The minimum atomic E-state index is -0.456. The Morgan fingerprint density at radius 3 is 2.70 bits per heavy atom. The predicted molar refractivity (Wildman–Crippen MR) is 107 cm³/mol. The van der Waals surface area contributed by atoms with Crippen molar-refractivity contribution >= 4 is 23.2 Å². The number of benzene rings is 1. The van der Waals surface area contributed by atoms with Crippen molar-refractivity contribution in [1.29, 1.82) is 0 Å². The number of carbonyl (C=O) groups is 1. The molecule has 152 valence electrons. The molecule has 27 heavy (non-hydrogen) atoms. The van der Waals surface area contributed by atoms with E-state index in [0.29, 0.717) is 13.1 Å². The van der Waals surface area contributed by atoms with E-state index in [-0.39, 0.29) is 39.6 Å². The molecule has 8 heteroatoms. The van der Waals surface area contributed by atoms with E-state index in [1.165, 1.54) is 20.3 Å². The molecule has 2 rings (SSSR count). The number of rotatable bonds is 8. The van der Waals surface area contributed by atoms with Crippen LogP contribution >= 0.6 is 11.6 Å². The van der Waals surface area contributed by atoms with Gasteiger partial charge in [0.05, 0.1) is 36.6 Å². The third-order valence-electron chi connectivity index (χ3n) is 5.03. The van der Waals surface area contributed by atoms with Crippen LogP contribution in [0.4, 0.5) is 5.69 Å². The Hall–Kier alpha value is -1.70. The number of anilines is 1. The number of aliphatic hydroxyl groups is 1. The number of hydrogen-bond donors (Lipinski definition) is 3. The van der Waals surface area contributed by atoms with Crippen LogP contribution in [0, 0.1) is 5.92 Å². The van der Waals surface area contributed by atoms with Crippen molar-refractivity contribution in [1.82, 2.24) is 10.2 Å². The number of hydrogen-bond acceptors (Lipinski definition) is 6. The lowest BCUT2D eigenvalue weighted by Crippen LogP contribution is -2.47. The van der Waals surface area contributed by atoms with Crippen molar-refractivity contribution in [3.63, 3.8) is 0 Å². The lowest BCUT2D eigenvalue weighted by molar-refractivity contribution is 0.0217. The second-order valence-corrected chi connectivity index (χ2v) is 7.27. The molecule has 7 nitrogen and oxygen atoms in total. The van der Waals surface area contributed by atoms with Gasteiger partial charge in [0.25, 0.3) is 5.91 Å². The summed E-state index contributed by atoms with van der Waals surface area (Å²) in [4.78, 5) is 15.0. The summed E-state index contributed by atoms with van der Waals surface area (Å²) < 4.78 is 10.5. The molecule has 1 aliphatic heterocycles. The number of methoxy groups -OCH3 is 2. The van der Waals surface area contributed by atoms with E-state index in [4.69, 9.17) is 26.8 Å². The summed E-state index contributed by atoms with van der Waals surface area (Å²) in [7, 11) is 2.88. The quantitative estimate of drug-likeness (QED) is 0.579. The Balaban J connectivity index is 2.01. The van der Waals surface area contributed by atoms with Crippen LogP contribution in [0.5, 0.6) is 11.5 Å². The molecule has 0 aromatic heterocycles. The summed E-state index contributed by atoms with van der Waals surface area (Å²) in [5.41, 5.74) is 6.37. The average molecular weight is 400 g/mol. The second-order valence-electron chi connectivity index (χ2n) is 6.87. The van der Waals surface area contributed by atoms with Crippen LogP contribution in [-0.4, -0.2) is 62.4 Å². The number of amides is 1. The highest BCUT2D eigenvalue weighted by Gasteiger charge is 2.28. The van der Waals surface area contributed by atoms with E-state index in [1.54, 1.807) is 0 Å². The molecule has 0 aliphatic carbocycles. The van der Waals surface area contributed by atoms with Crippen molar-refractivity contribution < 1.29 is 19.4 Å². The number of β-amino-alcohol motifs (C(OH)–C–C–N with tert-alkyl or cyclic N) is 1. The zero-order valence-electron chi connectivity index (χ0n) is 16.3. The first-order valence-electron chi connectivity index (χ1n) is 9.31. The molecule has 1 aromatic carbocycles. The number of unbranched alkanes of at least 4 members (excludes halogenated alkanes) is 1. The van der Waals surface area contributed by atoms with E-state index in [9.17, 15) is 9.90 Å². The molecule has 1 fully saturated rings. The number of carbonyl (C=O) groups excluding carboxylic acids is 1. The summed E-state index contributed by atoms with van der Waals surface area (Å²) >= 11 is 6.11. The molecule has 0 spiro atoms. The highest BCUT2D eigenvalue weighted by atomic mass is 35.5. The smallest absolute Gasteiger partial charge is 0.255 e. The number of likely N-dealkylation sites (tertiary alicyclic amines) is 1. The molecule has 1 aromatic rings. The van der Waals surface area contributed by atoms with Crippen LogP contribution in [0.1, 0.15) is 36.5 Å². The lowest BCUT2D eigenvalue weighted by Gasteiger charge is -2.36. The highest BCUT2D eigenvalue weighted by Crippen LogP contribution is 2.41. The normalized spacial score (nSPS) is 20.3. The Labute approximate surface area is 165 Å². The molecule has 1 aliphatic rings. The van der Waals surface area contributed by atoms with Crippen LogP contribution in [0.2, 0.25) is 5.02 Å². The topological polar surface area (TPSA) is 97.1 Å². The van der Waals surface area contributed by atoms with E-state index in [1.807, 2.05) is 0 Å². The van der Waals surface area contributed by atoms with Gasteiger partial charge in [0.15, 0.2) is 11.5 Å². The zero-order valence-corrected chi connectivity index (χ0v) is 17.0. The number of aliphatic hydroxyl groups excluding tert-OH is 1. The van der Waals surface area contributed by atoms with Gasteiger partial charge in [0.1, 0.15) is 0 Å². The Morgan fingerprint density at radius 2 is 2.11 bits per heavy atom. The fraction of sp³-hybridized carbons (Fsp3) is 0.632. The molecular formula is C19H30ClN3O4. The van der Waals surface area contributed by atoms with Gasteiger partial charge < -0.3 is 30.5 Å². The molecule has 1 saturated heterocycles. The Bertz CT molecular complexity index is 656. The predicted octanol–water partition coefficient (Wildman–Crippen LogP) is 2.15. The van der Waals surface area contributed by atoms with Gasteiger partial charge in [-0.05, 0) is 32.0 Å². The lowest BCUT2D eigenvalue weighted by atomic mass is 9.93. The van der Waals surface area contributed by atoms with Crippen molar-refractivity contribution in [3.8, 4) is 11.5 Å². The second kappa shape index (κ2) is 10.0. The Kier molecular flexibility index (Phi) is 8.01. The third-order valence-corrected chi connectivity index (χ3v) is 5.35. The van der Waals surface area contributed by atoms with Crippen LogP contribution in [0.25, 0.3) is 0 Å². The van der Waals surface area contributed by atoms with Gasteiger partial charge in [-0.15, -0.1) is 0 Å².